The van der Waals surface area contributed by atoms with Crippen molar-refractivity contribution in [2.24, 2.45) is 5.92 Å². The van der Waals surface area contributed by atoms with Gasteiger partial charge < -0.3 is 16.0 Å². The molecule has 0 heterocycles. The number of nitrogens with one attached hydrogen (secondary N) is 3. The van der Waals surface area contributed by atoms with Crippen LogP contribution in [0, 0.1) is 5.92 Å². The van der Waals surface area contributed by atoms with Crippen molar-refractivity contribution in [1.29, 1.82) is 0 Å². The van der Waals surface area contributed by atoms with Crippen LogP contribution in [0.4, 0.5) is 8.78 Å². The summed E-state index contributed by atoms with van der Waals surface area (Å²) in [6.45, 7) is 4.83. The number of ketones is 1. The zero-order valence-corrected chi connectivity index (χ0v) is 17.6. The Morgan fingerprint density at radius 2 is 1.53 bits per heavy atom. The highest BCUT2D eigenvalue weighted by Crippen LogP contribution is 2.19. The number of benzene rings is 1. The molecule has 0 aliphatic heterocycles. The first kappa shape index (κ1) is 25.2. The zero-order chi connectivity index (χ0) is 22.9. The molecule has 0 aliphatic carbocycles. The van der Waals surface area contributed by atoms with Crippen LogP contribution >= 0.6 is 0 Å². The summed E-state index contributed by atoms with van der Waals surface area (Å²) in [5.41, 5.74) is 0.575. The van der Waals surface area contributed by atoms with Gasteiger partial charge in [-0.3, -0.25) is 19.2 Å². The molecular formula is C21H29F2N3O4. The lowest BCUT2D eigenvalue weighted by molar-refractivity contribution is -0.147. The van der Waals surface area contributed by atoms with Crippen molar-refractivity contribution in [2.45, 2.75) is 58.5 Å². The molecule has 0 spiro atoms. The number of rotatable bonds is 11. The van der Waals surface area contributed by atoms with Gasteiger partial charge >= 0.3 is 5.92 Å². The zero-order valence-electron chi connectivity index (χ0n) is 17.6. The number of halogens is 2. The van der Waals surface area contributed by atoms with Gasteiger partial charge in [-0.15, -0.1) is 0 Å². The van der Waals surface area contributed by atoms with Gasteiger partial charge in [0.25, 0.3) is 0 Å². The normalized spacial score (nSPS) is 13.3. The van der Waals surface area contributed by atoms with Gasteiger partial charge in [0.2, 0.25) is 23.5 Å². The van der Waals surface area contributed by atoms with Gasteiger partial charge in [-0.05, 0) is 24.3 Å². The second kappa shape index (κ2) is 11.4. The van der Waals surface area contributed by atoms with Crippen molar-refractivity contribution < 1.29 is 28.0 Å². The van der Waals surface area contributed by atoms with Crippen LogP contribution in [-0.2, 0) is 25.6 Å². The predicted molar refractivity (Wildman–Crippen MR) is 108 cm³/mol. The fourth-order valence-corrected chi connectivity index (χ4v) is 2.86. The molecule has 2 atom stereocenters. The third-order valence-electron chi connectivity index (χ3n) is 4.24. The van der Waals surface area contributed by atoms with Crippen LogP contribution in [0.1, 0.15) is 39.7 Å². The van der Waals surface area contributed by atoms with Gasteiger partial charge in [0.1, 0.15) is 6.04 Å². The highest BCUT2D eigenvalue weighted by atomic mass is 19.3. The molecule has 1 unspecified atom stereocenters. The van der Waals surface area contributed by atoms with Crippen LogP contribution < -0.4 is 16.0 Å². The van der Waals surface area contributed by atoms with Crippen LogP contribution in [0.2, 0.25) is 0 Å². The number of alkyl halides is 2. The number of hydrogen-bond donors (Lipinski definition) is 3. The molecule has 3 N–H and O–H groups in total. The van der Waals surface area contributed by atoms with E-state index in [9.17, 15) is 28.0 Å². The fraction of sp³-hybridized carbons (Fsp3) is 0.524. The highest BCUT2D eigenvalue weighted by Gasteiger charge is 2.44. The lowest BCUT2D eigenvalue weighted by Gasteiger charge is -2.26. The average Bonchev–Trinajstić information content (AvgIpc) is 2.65. The first-order valence-electron chi connectivity index (χ1n) is 9.70. The molecule has 9 heteroatoms. The number of carbonyl (C=O) groups is 4. The smallest absolute Gasteiger partial charge is 0.324 e. The van der Waals surface area contributed by atoms with E-state index >= 15 is 0 Å². The third-order valence-corrected chi connectivity index (χ3v) is 4.24. The Bertz CT molecular complexity index is 754. The Hall–Kier alpha value is -2.84. The largest absolute Gasteiger partial charge is 0.350 e. The number of hydrogen-bond acceptors (Lipinski definition) is 4. The van der Waals surface area contributed by atoms with Crippen molar-refractivity contribution in [3.63, 3.8) is 0 Å². The van der Waals surface area contributed by atoms with E-state index in [4.69, 9.17) is 0 Å². The molecule has 1 aromatic carbocycles. The van der Waals surface area contributed by atoms with Gasteiger partial charge in [-0.25, -0.2) is 0 Å². The summed E-state index contributed by atoms with van der Waals surface area (Å²) in [5, 5.41) is 6.80. The molecule has 30 heavy (non-hydrogen) atoms. The lowest BCUT2D eigenvalue weighted by atomic mass is 9.97. The Labute approximate surface area is 175 Å². The van der Waals surface area contributed by atoms with Gasteiger partial charge in [0, 0.05) is 13.8 Å². The maximum atomic E-state index is 14.4. The minimum Gasteiger partial charge on any atom is -0.350 e. The Balaban J connectivity index is 3.09. The van der Waals surface area contributed by atoms with E-state index in [1.54, 1.807) is 30.3 Å². The van der Waals surface area contributed by atoms with E-state index in [1.807, 2.05) is 19.2 Å². The molecule has 0 fully saturated rings. The van der Waals surface area contributed by atoms with E-state index in [0.29, 0.717) is 5.56 Å². The quantitative estimate of drug-likeness (QED) is 0.501. The number of carbonyl (C=O) groups excluding carboxylic acids is 4. The molecule has 1 aromatic rings. The Morgan fingerprint density at radius 3 is 2.03 bits per heavy atom. The first-order chi connectivity index (χ1) is 13.9. The van der Waals surface area contributed by atoms with Crippen molar-refractivity contribution in [2.75, 3.05) is 6.54 Å². The van der Waals surface area contributed by atoms with Crippen LogP contribution in [0.15, 0.2) is 30.3 Å². The third kappa shape index (κ3) is 8.67. The van der Waals surface area contributed by atoms with E-state index in [2.05, 4.69) is 10.6 Å². The molecule has 0 saturated carbocycles. The molecule has 0 aliphatic rings. The summed E-state index contributed by atoms with van der Waals surface area (Å²) < 4.78 is 28.8. The average molecular weight is 425 g/mol. The first-order valence-corrected chi connectivity index (χ1v) is 9.70. The van der Waals surface area contributed by atoms with E-state index in [-0.39, 0.29) is 18.8 Å². The minimum atomic E-state index is -3.88. The topological polar surface area (TPSA) is 104 Å². The molecule has 1 rings (SSSR count). The lowest BCUT2D eigenvalue weighted by Crippen LogP contribution is -2.56. The van der Waals surface area contributed by atoms with Crippen molar-refractivity contribution in [3.05, 3.63) is 35.9 Å². The summed E-state index contributed by atoms with van der Waals surface area (Å²) in [6.07, 6.45) is 0.121. The van der Waals surface area contributed by atoms with Gasteiger partial charge in [-0.2, -0.15) is 8.78 Å². The molecule has 0 saturated heterocycles. The summed E-state index contributed by atoms with van der Waals surface area (Å²) in [6, 6.07) is 5.92. The maximum absolute atomic E-state index is 14.4. The van der Waals surface area contributed by atoms with Crippen LogP contribution in [0.3, 0.4) is 0 Å². The van der Waals surface area contributed by atoms with Crippen molar-refractivity contribution >= 4 is 23.5 Å². The monoisotopic (exact) mass is 425 g/mol. The highest BCUT2D eigenvalue weighted by molar-refractivity contribution is 5.96. The van der Waals surface area contributed by atoms with Crippen LogP contribution in [0.25, 0.3) is 0 Å². The van der Waals surface area contributed by atoms with Crippen LogP contribution in [-0.4, -0.2) is 48.1 Å². The molecule has 166 valence electrons. The summed E-state index contributed by atoms with van der Waals surface area (Å²) in [7, 11) is 0. The molecule has 0 radical (unpaired) electrons. The molecule has 3 amide bonds. The fourth-order valence-electron chi connectivity index (χ4n) is 2.86. The van der Waals surface area contributed by atoms with Gasteiger partial charge in [0.15, 0.2) is 0 Å². The Kier molecular flexibility index (Phi) is 9.55. The minimum absolute atomic E-state index is 0.0390. The SMILES string of the molecule is CC(=O)NCC(F)(F)C(=O)C(Cc1ccccc1)NC(=O)[C@H](CC(C)C)NC(C)=O. The maximum Gasteiger partial charge on any atom is 0.324 e. The molecular weight excluding hydrogens is 396 g/mol. The summed E-state index contributed by atoms with van der Waals surface area (Å²) in [5.74, 6) is -7.22. The van der Waals surface area contributed by atoms with Gasteiger partial charge in [-0.1, -0.05) is 44.2 Å². The van der Waals surface area contributed by atoms with E-state index < -0.39 is 48.1 Å². The summed E-state index contributed by atoms with van der Waals surface area (Å²) >= 11 is 0. The van der Waals surface area contributed by atoms with Crippen LogP contribution in [0.5, 0.6) is 0 Å². The second-order valence-electron chi connectivity index (χ2n) is 7.61. The second-order valence-corrected chi connectivity index (χ2v) is 7.61. The van der Waals surface area contributed by atoms with Gasteiger partial charge in [0.05, 0.1) is 12.6 Å². The van der Waals surface area contributed by atoms with E-state index in [1.165, 1.54) is 6.92 Å². The summed E-state index contributed by atoms with van der Waals surface area (Å²) in [4.78, 5) is 47.7. The standard InChI is InChI=1S/C21H29F2N3O4/c1-13(2)10-18(25-15(4)28)20(30)26-17(11-16-8-6-5-7-9-16)19(29)21(22,23)12-24-14(3)27/h5-9,13,17-18H,10-12H2,1-4H3,(H,24,27)(H,25,28)(H,26,30)/t17?,18-/m0/s1. The van der Waals surface area contributed by atoms with Crippen molar-refractivity contribution in [1.82, 2.24) is 16.0 Å². The number of amides is 3. The Morgan fingerprint density at radius 1 is 0.933 bits per heavy atom. The molecule has 7 nitrogen and oxygen atoms in total. The molecule has 0 aromatic heterocycles. The molecule has 0 bridgehead atoms. The predicted octanol–water partition coefficient (Wildman–Crippen LogP) is 1.61. The van der Waals surface area contributed by atoms with Crippen molar-refractivity contribution in [3.8, 4) is 0 Å². The van der Waals surface area contributed by atoms with E-state index in [0.717, 1.165) is 6.92 Å². The number of Topliss-reactive ketones (excluding diaryl/α,β-unsaturated/α-hetero) is 1.